The van der Waals surface area contributed by atoms with Gasteiger partial charge in [0.25, 0.3) is 5.91 Å². The number of nitrogens with one attached hydrogen (secondary N) is 1. The summed E-state index contributed by atoms with van der Waals surface area (Å²) in [5.41, 5.74) is 2.55. The summed E-state index contributed by atoms with van der Waals surface area (Å²) in [6.45, 7) is 3.82. The van der Waals surface area contributed by atoms with E-state index in [4.69, 9.17) is 11.6 Å². The van der Waals surface area contributed by atoms with Gasteiger partial charge in [-0.3, -0.25) is 4.79 Å². The van der Waals surface area contributed by atoms with Crippen LogP contribution >= 0.6 is 11.6 Å². The summed E-state index contributed by atoms with van der Waals surface area (Å²) < 4.78 is 1.61. The molecule has 112 valence electrons. The molecular weight excluding hydrogens is 300 g/mol. The highest BCUT2D eigenvalue weighted by atomic mass is 35.5. The van der Waals surface area contributed by atoms with Crippen LogP contribution in [-0.2, 0) is 0 Å². The molecule has 6 heteroatoms. The smallest absolute Gasteiger partial charge is 0.272 e. The molecule has 22 heavy (non-hydrogen) atoms. The minimum atomic E-state index is -0.217. The summed E-state index contributed by atoms with van der Waals surface area (Å²) in [5, 5.41) is 7.89. The molecule has 0 unspecified atom stereocenters. The lowest BCUT2D eigenvalue weighted by Crippen LogP contribution is -2.30. The van der Waals surface area contributed by atoms with E-state index in [2.05, 4.69) is 15.4 Å². The van der Waals surface area contributed by atoms with Crippen LogP contribution in [0.5, 0.6) is 0 Å². The SMILES string of the molecule is CC(C)NC(=O)c1nn2cccnc2c1-c1ccc(Cl)cc1. The van der Waals surface area contributed by atoms with Crippen LogP contribution < -0.4 is 5.32 Å². The quantitative estimate of drug-likeness (QED) is 0.807. The van der Waals surface area contributed by atoms with E-state index >= 15 is 0 Å². The van der Waals surface area contributed by atoms with Gasteiger partial charge in [0.15, 0.2) is 11.3 Å². The largest absolute Gasteiger partial charge is 0.348 e. The molecule has 0 bridgehead atoms. The lowest BCUT2D eigenvalue weighted by Gasteiger charge is -2.08. The average molecular weight is 315 g/mol. The Bertz CT molecular complexity index is 824. The zero-order chi connectivity index (χ0) is 15.7. The van der Waals surface area contributed by atoms with Gasteiger partial charge >= 0.3 is 0 Å². The third-order valence-electron chi connectivity index (χ3n) is 3.16. The first-order valence-corrected chi connectivity index (χ1v) is 7.34. The Morgan fingerprint density at radius 1 is 1.27 bits per heavy atom. The molecule has 1 amide bonds. The van der Waals surface area contributed by atoms with E-state index in [1.54, 1.807) is 35.1 Å². The molecule has 0 spiro atoms. The minimum Gasteiger partial charge on any atom is -0.348 e. The zero-order valence-corrected chi connectivity index (χ0v) is 13.0. The third kappa shape index (κ3) is 2.67. The van der Waals surface area contributed by atoms with Crippen LogP contribution in [0.3, 0.4) is 0 Å². The van der Waals surface area contributed by atoms with Crippen molar-refractivity contribution in [1.82, 2.24) is 19.9 Å². The fraction of sp³-hybridized carbons (Fsp3) is 0.188. The first kappa shape index (κ1) is 14.5. The number of fused-ring (bicyclic) bond motifs is 1. The molecule has 2 aromatic heterocycles. The summed E-state index contributed by atoms with van der Waals surface area (Å²) in [5.74, 6) is -0.217. The van der Waals surface area contributed by atoms with E-state index in [1.165, 1.54) is 0 Å². The van der Waals surface area contributed by atoms with Crippen molar-refractivity contribution in [3.8, 4) is 11.1 Å². The van der Waals surface area contributed by atoms with Crippen LogP contribution in [0.1, 0.15) is 24.3 Å². The number of benzene rings is 1. The number of aromatic nitrogens is 3. The highest BCUT2D eigenvalue weighted by molar-refractivity contribution is 6.30. The summed E-state index contributed by atoms with van der Waals surface area (Å²) >= 11 is 5.95. The maximum absolute atomic E-state index is 12.4. The fourth-order valence-corrected chi connectivity index (χ4v) is 2.38. The monoisotopic (exact) mass is 314 g/mol. The molecule has 0 fully saturated rings. The van der Waals surface area contributed by atoms with Crippen molar-refractivity contribution in [1.29, 1.82) is 0 Å². The van der Waals surface area contributed by atoms with E-state index in [0.29, 0.717) is 21.9 Å². The summed E-state index contributed by atoms with van der Waals surface area (Å²) in [6, 6.07) is 9.10. The number of nitrogens with zero attached hydrogens (tertiary/aromatic N) is 3. The van der Waals surface area contributed by atoms with Gasteiger partial charge in [-0.05, 0) is 37.6 Å². The van der Waals surface area contributed by atoms with E-state index in [0.717, 1.165) is 5.56 Å². The Morgan fingerprint density at radius 2 is 2.00 bits per heavy atom. The number of carbonyl (C=O) groups excluding carboxylic acids is 1. The van der Waals surface area contributed by atoms with E-state index in [1.807, 2.05) is 26.0 Å². The van der Waals surface area contributed by atoms with Crippen LogP contribution in [0.15, 0.2) is 42.7 Å². The average Bonchev–Trinajstić information content (AvgIpc) is 2.87. The molecule has 0 aliphatic rings. The maximum Gasteiger partial charge on any atom is 0.272 e. The number of carbonyl (C=O) groups is 1. The van der Waals surface area contributed by atoms with Crippen LogP contribution in [0.2, 0.25) is 5.02 Å². The van der Waals surface area contributed by atoms with Gasteiger partial charge in [0.1, 0.15) is 0 Å². The van der Waals surface area contributed by atoms with Gasteiger partial charge in [0.2, 0.25) is 0 Å². The summed E-state index contributed by atoms with van der Waals surface area (Å²) in [4.78, 5) is 16.8. The number of halogens is 1. The Labute approximate surface area is 132 Å². The van der Waals surface area contributed by atoms with E-state index in [9.17, 15) is 4.79 Å². The fourth-order valence-electron chi connectivity index (χ4n) is 2.26. The van der Waals surface area contributed by atoms with Crippen molar-refractivity contribution in [3.63, 3.8) is 0 Å². The second kappa shape index (κ2) is 5.77. The van der Waals surface area contributed by atoms with Crippen LogP contribution in [0.25, 0.3) is 16.8 Å². The first-order chi connectivity index (χ1) is 10.6. The standard InChI is InChI=1S/C16H15ClN4O/c1-10(2)19-16(22)14-13(11-4-6-12(17)7-5-11)15-18-8-3-9-21(15)20-14/h3-10H,1-2H3,(H,19,22). The molecule has 3 aromatic rings. The number of amides is 1. The molecule has 0 aliphatic heterocycles. The topological polar surface area (TPSA) is 59.3 Å². The van der Waals surface area contributed by atoms with E-state index in [-0.39, 0.29) is 11.9 Å². The van der Waals surface area contributed by atoms with Crippen LogP contribution in [0, 0.1) is 0 Å². The lowest BCUT2D eigenvalue weighted by molar-refractivity contribution is 0.0938. The molecular formula is C16H15ClN4O. The summed E-state index contributed by atoms with van der Waals surface area (Å²) in [6.07, 6.45) is 3.45. The highest BCUT2D eigenvalue weighted by Gasteiger charge is 2.21. The van der Waals surface area contributed by atoms with Gasteiger partial charge in [-0.1, -0.05) is 23.7 Å². The van der Waals surface area contributed by atoms with Gasteiger partial charge in [0.05, 0.1) is 5.56 Å². The molecule has 1 aromatic carbocycles. The Hall–Kier alpha value is -2.40. The minimum absolute atomic E-state index is 0.0309. The van der Waals surface area contributed by atoms with Crippen LogP contribution in [0.4, 0.5) is 0 Å². The van der Waals surface area contributed by atoms with Gasteiger partial charge in [-0.2, -0.15) is 5.10 Å². The number of hydrogen-bond donors (Lipinski definition) is 1. The normalized spacial score (nSPS) is 11.1. The molecule has 0 radical (unpaired) electrons. The predicted molar refractivity (Wildman–Crippen MR) is 86.0 cm³/mol. The number of rotatable bonds is 3. The predicted octanol–water partition coefficient (Wildman–Crippen LogP) is 3.19. The lowest BCUT2D eigenvalue weighted by atomic mass is 10.1. The second-order valence-corrected chi connectivity index (χ2v) is 5.68. The Morgan fingerprint density at radius 3 is 2.68 bits per heavy atom. The molecule has 0 saturated heterocycles. The Kier molecular flexibility index (Phi) is 3.81. The zero-order valence-electron chi connectivity index (χ0n) is 12.2. The molecule has 3 rings (SSSR count). The molecule has 5 nitrogen and oxygen atoms in total. The first-order valence-electron chi connectivity index (χ1n) is 6.96. The summed E-state index contributed by atoms with van der Waals surface area (Å²) in [7, 11) is 0. The third-order valence-corrected chi connectivity index (χ3v) is 3.42. The molecule has 0 atom stereocenters. The maximum atomic E-state index is 12.4. The van der Waals surface area contributed by atoms with E-state index < -0.39 is 0 Å². The Balaban J connectivity index is 2.21. The van der Waals surface area contributed by atoms with Crippen molar-refractivity contribution < 1.29 is 4.79 Å². The van der Waals surface area contributed by atoms with Gasteiger partial charge in [0, 0.05) is 23.5 Å². The van der Waals surface area contributed by atoms with Crippen molar-refractivity contribution >= 4 is 23.2 Å². The highest BCUT2D eigenvalue weighted by Crippen LogP contribution is 2.28. The molecule has 0 saturated carbocycles. The second-order valence-electron chi connectivity index (χ2n) is 5.25. The molecule has 2 heterocycles. The van der Waals surface area contributed by atoms with Crippen molar-refractivity contribution in [2.45, 2.75) is 19.9 Å². The molecule has 1 N–H and O–H groups in total. The van der Waals surface area contributed by atoms with Crippen molar-refractivity contribution in [2.24, 2.45) is 0 Å². The van der Waals surface area contributed by atoms with Gasteiger partial charge in [-0.15, -0.1) is 0 Å². The van der Waals surface area contributed by atoms with Crippen LogP contribution in [-0.4, -0.2) is 26.5 Å². The van der Waals surface area contributed by atoms with Crippen molar-refractivity contribution in [2.75, 3.05) is 0 Å². The van der Waals surface area contributed by atoms with Gasteiger partial charge in [-0.25, -0.2) is 9.50 Å². The molecule has 0 aliphatic carbocycles. The van der Waals surface area contributed by atoms with Crippen molar-refractivity contribution in [3.05, 3.63) is 53.4 Å². The van der Waals surface area contributed by atoms with Gasteiger partial charge < -0.3 is 5.32 Å². The number of hydrogen-bond acceptors (Lipinski definition) is 3.